The minimum atomic E-state index is -0.662. The molecule has 2 aromatic heterocycles. The van der Waals surface area contributed by atoms with Crippen molar-refractivity contribution in [2.45, 2.75) is 6.04 Å². The largest absolute Gasteiger partial charge is 0.508 e. The van der Waals surface area contributed by atoms with Crippen LogP contribution in [0.5, 0.6) is 5.75 Å². The van der Waals surface area contributed by atoms with Gasteiger partial charge < -0.3 is 14.6 Å². The third-order valence-electron chi connectivity index (χ3n) is 6.68. The normalized spacial score (nSPS) is 15.2. The van der Waals surface area contributed by atoms with Crippen molar-refractivity contribution in [3.05, 3.63) is 103 Å². The Morgan fingerprint density at radius 1 is 1.00 bits per heavy atom. The number of hydrogen-bond acceptors (Lipinski definition) is 7. The Kier molecular flexibility index (Phi) is 6.46. The molecule has 0 amide bonds. The van der Waals surface area contributed by atoms with Crippen LogP contribution in [0.1, 0.15) is 17.2 Å². The fraction of sp³-hybridized carbons (Fsp3) is 0.231. The molecule has 9 nitrogen and oxygen atoms in total. The molecular weight excluding hydrogens is 526 g/mol. The molecule has 1 saturated heterocycles. The van der Waals surface area contributed by atoms with Crippen LogP contribution in [-0.2, 0) is 7.05 Å². The van der Waals surface area contributed by atoms with Crippen LogP contribution in [0.15, 0.2) is 76.1 Å². The van der Waals surface area contributed by atoms with Crippen molar-refractivity contribution in [2.75, 3.05) is 31.1 Å². The van der Waals surface area contributed by atoms with Gasteiger partial charge in [0.25, 0.3) is 0 Å². The first-order valence-electron chi connectivity index (χ1n) is 11.5. The summed E-state index contributed by atoms with van der Waals surface area (Å²) >= 11 is 3.36. The Bertz CT molecular complexity index is 1500. The molecule has 1 fully saturated rings. The average Bonchev–Trinajstić information content (AvgIpc) is 2.88. The third kappa shape index (κ3) is 4.22. The first kappa shape index (κ1) is 24.0. The molecule has 0 spiro atoms. The fourth-order valence-corrected chi connectivity index (χ4v) is 5.27. The van der Waals surface area contributed by atoms with Crippen molar-refractivity contribution in [2.24, 2.45) is 7.05 Å². The molecule has 0 saturated carbocycles. The number of phenols is 1. The molecule has 4 aromatic rings. The number of para-hydroxylation sites is 1. The van der Waals surface area contributed by atoms with E-state index in [1.807, 2.05) is 47.4 Å². The number of hydrogen-bond donors (Lipinski definition) is 1. The summed E-state index contributed by atoms with van der Waals surface area (Å²) in [4.78, 5) is 33.0. The molecule has 1 atom stereocenters. The highest BCUT2D eigenvalue weighted by atomic mass is 79.9. The summed E-state index contributed by atoms with van der Waals surface area (Å²) in [5.41, 5.74) is 1.90. The van der Waals surface area contributed by atoms with E-state index in [9.17, 15) is 20.0 Å². The van der Waals surface area contributed by atoms with E-state index < -0.39 is 16.2 Å². The topological polar surface area (TPSA) is 105 Å². The van der Waals surface area contributed by atoms with Gasteiger partial charge in [-0.05, 0) is 39.7 Å². The molecule has 1 N–H and O–H groups in total. The summed E-state index contributed by atoms with van der Waals surface area (Å²) in [6.45, 7) is 2.04. The number of aromatic nitrogens is 2. The van der Waals surface area contributed by atoms with Crippen LogP contribution in [0.2, 0.25) is 0 Å². The van der Waals surface area contributed by atoms with E-state index in [0.29, 0.717) is 41.8 Å². The van der Waals surface area contributed by atoms with Gasteiger partial charge in [0.05, 0.1) is 16.5 Å². The maximum Gasteiger partial charge on any atom is 0.359 e. The van der Waals surface area contributed by atoms with E-state index in [2.05, 4.69) is 25.8 Å². The standard InChI is InChI=1S/C26H24BrN5O4/c1-29-19-11-12-21(27)28-22(19)24(25(26(29)34)32(35)36)31-15-13-30(14-16-31)23(17-7-3-2-4-8-17)18-9-5-6-10-20(18)33/h2-12,23,33H,13-16H2,1H3. The van der Waals surface area contributed by atoms with Crippen LogP contribution in [0.25, 0.3) is 11.0 Å². The lowest BCUT2D eigenvalue weighted by molar-refractivity contribution is -0.385. The average molecular weight is 550 g/mol. The minimum absolute atomic E-state index is 0.183. The lowest BCUT2D eigenvalue weighted by atomic mass is 9.95. The predicted octanol–water partition coefficient (Wildman–Crippen LogP) is 4.22. The SMILES string of the molecule is Cn1c(=O)c([N+](=O)[O-])c(N2CCN(C(c3ccccc3)c3ccccc3O)CC2)c2nc(Br)ccc21. The number of aromatic hydroxyl groups is 1. The number of aryl methyl sites for hydroxylation is 1. The van der Waals surface area contributed by atoms with Gasteiger partial charge in [0.2, 0.25) is 0 Å². The predicted molar refractivity (Wildman–Crippen MR) is 142 cm³/mol. The van der Waals surface area contributed by atoms with Gasteiger partial charge in [-0.2, -0.15) is 0 Å². The lowest BCUT2D eigenvalue weighted by Gasteiger charge is -2.40. The number of fused-ring (bicyclic) bond motifs is 1. The number of benzene rings is 2. The van der Waals surface area contributed by atoms with E-state index in [1.165, 1.54) is 11.6 Å². The summed E-state index contributed by atoms with van der Waals surface area (Å²) in [5.74, 6) is 0.219. The van der Waals surface area contributed by atoms with Crippen molar-refractivity contribution in [3.63, 3.8) is 0 Å². The van der Waals surface area contributed by atoms with E-state index in [1.54, 1.807) is 24.3 Å². The van der Waals surface area contributed by atoms with Gasteiger partial charge >= 0.3 is 11.2 Å². The van der Waals surface area contributed by atoms with Crippen molar-refractivity contribution in [1.29, 1.82) is 0 Å². The Morgan fingerprint density at radius 3 is 2.33 bits per heavy atom. The molecule has 0 bridgehead atoms. The molecule has 0 aliphatic carbocycles. The van der Waals surface area contributed by atoms with Gasteiger partial charge in [-0.15, -0.1) is 0 Å². The van der Waals surface area contributed by atoms with Gasteiger partial charge in [0.1, 0.15) is 15.9 Å². The molecule has 0 radical (unpaired) electrons. The molecule has 1 aliphatic heterocycles. The van der Waals surface area contributed by atoms with E-state index in [0.717, 1.165) is 11.1 Å². The second kappa shape index (κ2) is 9.71. The molecule has 10 heteroatoms. The van der Waals surface area contributed by atoms with Crippen molar-refractivity contribution in [3.8, 4) is 5.75 Å². The molecule has 1 aliphatic rings. The second-order valence-corrected chi connectivity index (χ2v) is 9.53. The maximum absolute atomic E-state index is 13.0. The second-order valence-electron chi connectivity index (χ2n) is 8.72. The summed E-state index contributed by atoms with van der Waals surface area (Å²) in [7, 11) is 1.52. The zero-order valence-electron chi connectivity index (χ0n) is 19.5. The zero-order valence-corrected chi connectivity index (χ0v) is 21.1. The number of piperazine rings is 1. The summed E-state index contributed by atoms with van der Waals surface area (Å²) in [6, 6.07) is 20.5. The summed E-state index contributed by atoms with van der Waals surface area (Å²) in [5, 5.41) is 22.7. The smallest absolute Gasteiger partial charge is 0.359 e. The van der Waals surface area contributed by atoms with E-state index in [4.69, 9.17) is 0 Å². The number of phenolic OH excluding ortho intramolecular Hbond substituents is 1. The first-order chi connectivity index (χ1) is 17.4. The molecule has 36 heavy (non-hydrogen) atoms. The Balaban J connectivity index is 1.54. The third-order valence-corrected chi connectivity index (χ3v) is 7.12. The van der Waals surface area contributed by atoms with Crippen LogP contribution in [0.4, 0.5) is 11.4 Å². The number of nitrogens with zero attached hydrogens (tertiary/aromatic N) is 5. The van der Waals surface area contributed by atoms with Gasteiger partial charge in [-0.3, -0.25) is 19.8 Å². The van der Waals surface area contributed by atoms with Crippen molar-refractivity contribution < 1.29 is 10.0 Å². The minimum Gasteiger partial charge on any atom is -0.508 e. The zero-order chi connectivity index (χ0) is 25.4. The number of rotatable bonds is 5. The number of nitro groups is 1. The van der Waals surface area contributed by atoms with Crippen LogP contribution < -0.4 is 10.5 Å². The van der Waals surface area contributed by atoms with Gasteiger partial charge in [0.15, 0.2) is 5.69 Å². The van der Waals surface area contributed by atoms with Gasteiger partial charge in [0, 0.05) is 38.8 Å². The van der Waals surface area contributed by atoms with Gasteiger partial charge in [-0.25, -0.2) is 4.98 Å². The van der Waals surface area contributed by atoms with E-state index >= 15 is 0 Å². The number of anilines is 1. The highest BCUT2D eigenvalue weighted by Gasteiger charge is 2.34. The van der Waals surface area contributed by atoms with Crippen LogP contribution >= 0.6 is 15.9 Å². The van der Waals surface area contributed by atoms with E-state index in [-0.39, 0.29) is 17.5 Å². The quantitative estimate of drug-likeness (QED) is 0.225. The Morgan fingerprint density at radius 2 is 1.67 bits per heavy atom. The Labute approximate surface area is 215 Å². The van der Waals surface area contributed by atoms with Gasteiger partial charge in [-0.1, -0.05) is 48.5 Å². The number of pyridine rings is 2. The van der Waals surface area contributed by atoms with Crippen LogP contribution in [0.3, 0.4) is 0 Å². The van der Waals surface area contributed by atoms with Crippen LogP contribution in [0, 0.1) is 10.1 Å². The molecule has 3 heterocycles. The molecule has 5 rings (SSSR count). The van der Waals surface area contributed by atoms with Crippen LogP contribution in [-0.4, -0.2) is 50.7 Å². The monoisotopic (exact) mass is 549 g/mol. The molecule has 184 valence electrons. The highest BCUT2D eigenvalue weighted by Crippen LogP contribution is 2.37. The lowest BCUT2D eigenvalue weighted by Crippen LogP contribution is -2.48. The van der Waals surface area contributed by atoms with Crippen molar-refractivity contribution in [1.82, 2.24) is 14.5 Å². The summed E-state index contributed by atoms with van der Waals surface area (Å²) in [6.07, 6.45) is 0. The van der Waals surface area contributed by atoms with Crippen molar-refractivity contribution >= 4 is 38.3 Å². The molecule has 2 aromatic carbocycles. The molecular formula is C26H24BrN5O4. The maximum atomic E-state index is 13.0. The number of halogens is 1. The first-order valence-corrected chi connectivity index (χ1v) is 12.3. The summed E-state index contributed by atoms with van der Waals surface area (Å²) < 4.78 is 1.81. The fourth-order valence-electron chi connectivity index (χ4n) is 4.96. The Hall–Kier alpha value is -3.76. The highest BCUT2D eigenvalue weighted by molar-refractivity contribution is 9.10. The molecule has 1 unspecified atom stereocenters.